The number of hydrogen-bond acceptors (Lipinski definition) is 2. The smallest absolute Gasteiger partial charge is 0.250 e. The molecule has 0 aromatic carbocycles. The minimum absolute atomic E-state index is 0.112. The Kier molecular flexibility index (Phi) is 7.66. The molecule has 0 bridgehead atoms. The lowest BCUT2D eigenvalue weighted by Gasteiger charge is -2.48. The molecule has 1 heterocycles. The molecule has 0 saturated carbocycles. The second-order valence-corrected chi connectivity index (χ2v) is 15.4. The Morgan fingerprint density at radius 3 is 2.55 bits per heavy atom. The van der Waals surface area contributed by atoms with Crippen LogP contribution in [0.1, 0.15) is 87.0 Å². The van der Waals surface area contributed by atoms with Crippen molar-refractivity contribution in [3.8, 4) is 11.8 Å². The molecule has 0 aromatic heterocycles. The molecule has 0 radical (unpaired) electrons. The van der Waals surface area contributed by atoms with E-state index in [1.807, 2.05) is 6.92 Å². The summed E-state index contributed by atoms with van der Waals surface area (Å²) in [5.74, 6) is 8.33. The fourth-order valence-electron chi connectivity index (χ4n) is 4.55. The Hall–Kier alpha value is -1.27. The van der Waals surface area contributed by atoms with E-state index in [-0.39, 0.29) is 16.4 Å². The molecular weight excluding hydrogens is 370 g/mol. The molecule has 0 N–H and O–H groups in total. The molecule has 29 heavy (non-hydrogen) atoms. The van der Waals surface area contributed by atoms with E-state index in [0.29, 0.717) is 0 Å². The quantitative estimate of drug-likeness (QED) is 0.257. The third kappa shape index (κ3) is 5.26. The van der Waals surface area contributed by atoms with Gasteiger partial charge in [-0.1, -0.05) is 38.3 Å². The van der Waals surface area contributed by atoms with Gasteiger partial charge in [0.2, 0.25) is 8.32 Å². The van der Waals surface area contributed by atoms with Crippen LogP contribution in [0, 0.1) is 23.2 Å². The monoisotopic (exact) mass is 413 g/mol. The minimum atomic E-state index is -1.84. The molecule has 1 aliphatic carbocycles. The van der Waals surface area contributed by atoms with Gasteiger partial charge in [0.1, 0.15) is 0 Å². The van der Waals surface area contributed by atoms with Crippen LogP contribution in [0.15, 0.2) is 28.0 Å². The summed E-state index contributed by atoms with van der Waals surface area (Å²) in [7, 11) is -1.84. The third-order valence-corrected chi connectivity index (χ3v) is 11.7. The van der Waals surface area contributed by atoms with Gasteiger partial charge in [0.15, 0.2) is 0 Å². The van der Waals surface area contributed by atoms with Crippen LogP contribution in [-0.4, -0.2) is 20.6 Å². The third-order valence-electron chi connectivity index (χ3n) is 7.29. The van der Waals surface area contributed by atoms with Gasteiger partial charge >= 0.3 is 0 Å². The Bertz CT molecular complexity index is 750. The molecule has 0 saturated heterocycles. The first kappa shape index (κ1) is 24.0. The summed E-state index contributed by atoms with van der Waals surface area (Å²) in [5.41, 5.74) is 4.29. The zero-order valence-electron chi connectivity index (χ0n) is 20.5. The summed E-state index contributed by atoms with van der Waals surface area (Å²) in [6.07, 6.45) is 9.06. The van der Waals surface area contributed by atoms with Crippen molar-refractivity contribution in [2.75, 3.05) is 6.54 Å². The topological polar surface area (TPSA) is 21.6 Å². The largest absolute Gasteiger partial charge is 0.547 e. The molecule has 0 aromatic rings. The van der Waals surface area contributed by atoms with Crippen LogP contribution >= 0.6 is 0 Å². The minimum Gasteiger partial charge on any atom is -0.547 e. The molecule has 2 aliphatic rings. The second kappa shape index (κ2) is 9.25. The maximum atomic E-state index is 6.82. The maximum absolute atomic E-state index is 6.82. The summed E-state index contributed by atoms with van der Waals surface area (Å²) in [6.45, 7) is 21.3. The normalized spacial score (nSPS) is 25.3. The summed E-state index contributed by atoms with van der Waals surface area (Å²) in [5, 5.41) is 0.211. The molecule has 2 atom stereocenters. The number of rotatable bonds is 5. The second-order valence-electron chi connectivity index (χ2n) is 10.7. The fourth-order valence-corrected chi connectivity index (χ4v) is 5.74. The van der Waals surface area contributed by atoms with Gasteiger partial charge in [-0.25, -0.2) is 0 Å². The number of aliphatic imine (C=N–C) groups is 1. The van der Waals surface area contributed by atoms with E-state index >= 15 is 0 Å². The fraction of sp³-hybridized carbons (Fsp3) is 0.731. The average Bonchev–Trinajstić information content (AvgIpc) is 2.61. The molecule has 2 nitrogen and oxygen atoms in total. The molecule has 3 heteroatoms. The van der Waals surface area contributed by atoms with E-state index < -0.39 is 8.32 Å². The van der Waals surface area contributed by atoms with Gasteiger partial charge in [0.25, 0.3) is 0 Å². The maximum Gasteiger partial charge on any atom is 0.250 e. The highest BCUT2D eigenvalue weighted by Crippen LogP contribution is 2.52. The first-order valence-corrected chi connectivity index (χ1v) is 14.3. The van der Waals surface area contributed by atoms with E-state index in [1.54, 1.807) is 0 Å². The van der Waals surface area contributed by atoms with Gasteiger partial charge in [0, 0.05) is 24.1 Å². The van der Waals surface area contributed by atoms with E-state index in [0.717, 1.165) is 32.2 Å². The highest BCUT2D eigenvalue weighted by atomic mass is 28.4. The number of allylic oxidation sites excluding steroid dienone is 4. The van der Waals surface area contributed by atoms with Gasteiger partial charge < -0.3 is 4.43 Å². The Morgan fingerprint density at radius 2 is 1.97 bits per heavy atom. The summed E-state index contributed by atoms with van der Waals surface area (Å²) in [6, 6.07) is 0. The highest BCUT2D eigenvalue weighted by molar-refractivity contribution is 6.74. The van der Waals surface area contributed by atoms with Crippen LogP contribution in [-0.2, 0) is 4.43 Å². The first-order chi connectivity index (χ1) is 13.4. The van der Waals surface area contributed by atoms with Gasteiger partial charge in [-0.2, -0.15) is 0 Å². The molecule has 1 aliphatic heterocycles. The van der Waals surface area contributed by atoms with Gasteiger partial charge in [-0.05, 0) is 83.5 Å². The molecule has 0 amide bonds. The Labute approximate surface area is 181 Å². The van der Waals surface area contributed by atoms with Gasteiger partial charge in [-0.15, -0.1) is 5.92 Å². The van der Waals surface area contributed by atoms with Crippen molar-refractivity contribution in [3.63, 3.8) is 0 Å². The van der Waals surface area contributed by atoms with Gasteiger partial charge in [0.05, 0.1) is 11.7 Å². The van der Waals surface area contributed by atoms with Crippen molar-refractivity contribution in [1.82, 2.24) is 0 Å². The molecule has 2 rings (SSSR count). The molecule has 162 valence electrons. The van der Waals surface area contributed by atoms with E-state index in [2.05, 4.69) is 72.6 Å². The highest BCUT2D eigenvalue weighted by Gasteiger charge is 2.48. The van der Waals surface area contributed by atoms with Crippen LogP contribution in [0.25, 0.3) is 0 Å². The van der Waals surface area contributed by atoms with Crippen molar-refractivity contribution in [3.05, 3.63) is 23.0 Å². The lowest BCUT2D eigenvalue weighted by molar-refractivity contribution is 0.223. The SMILES string of the molecule is CC#C[C@H]1C(C)=C(O[Si](C)(C)C(C)(C)C)CC[C@]12CCCN=C2CCC=C(C)C. The lowest BCUT2D eigenvalue weighted by Crippen LogP contribution is -2.46. The van der Waals surface area contributed by atoms with Crippen molar-refractivity contribution >= 4 is 14.0 Å². The van der Waals surface area contributed by atoms with Crippen molar-refractivity contribution in [1.29, 1.82) is 0 Å². The van der Waals surface area contributed by atoms with Crippen LogP contribution in [0.3, 0.4) is 0 Å². The van der Waals surface area contributed by atoms with Crippen molar-refractivity contribution in [2.45, 2.75) is 105 Å². The summed E-state index contributed by atoms with van der Waals surface area (Å²) < 4.78 is 6.82. The Morgan fingerprint density at radius 1 is 1.28 bits per heavy atom. The average molecular weight is 414 g/mol. The van der Waals surface area contributed by atoms with Crippen LogP contribution < -0.4 is 0 Å². The number of nitrogens with zero attached hydrogens (tertiary/aromatic N) is 1. The van der Waals surface area contributed by atoms with Crippen LogP contribution in [0.4, 0.5) is 0 Å². The lowest BCUT2D eigenvalue weighted by atomic mass is 9.59. The predicted molar refractivity (Wildman–Crippen MR) is 130 cm³/mol. The molecular formula is C26H43NOSi. The molecule has 0 fully saturated rings. The van der Waals surface area contributed by atoms with Crippen LogP contribution in [0.5, 0.6) is 0 Å². The predicted octanol–water partition coefficient (Wildman–Crippen LogP) is 7.68. The van der Waals surface area contributed by atoms with Crippen molar-refractivity contribution < 1.29 is 4.43 Å². The van der Waals surface area contributed by atoms with Crippen LogP contribution in [0.2, 0.25) is 18.1 Å². The standard InChI is InChI=1S/C26H43NOSi/c1-10-13-22-21(4)23(28-29(8,9)25(5,6)7)16-18-26(22)17-12-19-27-24(26)15-11-14-20(2)3/h14,22H,11-12,15-19H2,1-9H3/t22-,26+/m0/s1. The number of hydrogen-bond donors (Lipinski definition) is 0. The molecule has 1 spiro atoms. The van der Waals surface area contributed by atoms with Crippen molar-refractivity contribution in [2.24, 2.45) is 16.3 Å². The zero-order valence-corrected chi connectivity index (χ0v) is 21.5. The van der Waals surface area contributed by atoms with E-state index in [1.165, 1.54) is 35.5 Å². The molecule has 0 unspecified atom stereocenters. The van der Waals surface area contributed by atoms with E-state index in [9.17, 15) is 0 Å². The first-order valence-electron chi connectivity index (χ1n) is 11.4. The Balaban J connectivity index is 2.41. The zero-order chi connectivity index (χ0) is 21.9. The summed E-state index contributed by atoms with van der Waals surface area (Å²) >= 11 is 0. The van der Waals surface area contributed by atoms with E-state index in [4.69, 9.17) is 9.42 Å². The van der Waals surface area contributed by atoms with Gasteiger partial charge in [-0.3, -0.25) is 4.99 Å². The summed E-state index contributed by atoms with van der Waals surface area (Å²) in [4.78, 5) is 5.07.